The number of thiophene rings is 1. The third kappa shape index (κ3) is 3.56. The van der Waals surface area contributed by atoms with E-state index in [0.29, 0.717) is 12.1 Å². The van der Waals surface area contributed by atoms with Crippen molar-refractivity contribution < 1.29 is 14.4 Å². The second-order valence-corrected chi connectivity index (χ2v) is 7.02. The van der Waals surface area contributed by atoms with Gasteiger partial charge in [-0.3, -0.25) is 14.5 Å². The number of imide groups is 1. The summed E-state index contributed by atoms with van der Waals surface area (Å²) < 4.78 is 0. The molecule has 2 aromatic rings. The van der Waals surface area contributed by atoms with Gasteiger partial charge in [0, 0.05) is 11.4 Å². The third-order valence-electron chi connectivity index (χ3n) is 4.20. The number of benzene rings is 1. The zero-order valence-electron chi connectivity index (χ0n) is 13.8. The van der Waals surface area contributed by atoms with Crippen LogP contribution in [0.15, 0.2) is 47.8 Å². The molecular weight excluding hydrogens is 338 g/mol. The van der Waals surface area contributed by atoms with Crippen molar-refractivity contribution in [3.8, 4) is 0 Å². The van der Waals surface area contributed by atoms with Crippen molar-refractivity contribution >= 4 is 29.2 Å². The van der Waals surface area contributed by atoms with Crippen LogP contribution >= 0.6 is 11.3 Å². The van der Waals surface area contributed by atoms with E-state index in [1.54, 1.807) is 42.5 Å². The van der Waals surface area contributed by atoms with Crippen LogP contribution in [0.25, 0.3) is 0 Å². The lowest BCUT2D eigenvalue weighted by molar-refractivity contribution is -0.134. The van der Waals surface area contributed by atoms with Gasteiger partial charge in [0.2, 0.25) is 5.91 Å². The number of hydrogen-bond donors (Lipinski definition) is 2. The fraction of sp³-hybridized carbons (Fsp3) is 0.278. The van der Waals surface area contributed by atoms with Crippen molar-refractivity contribution in [2.45, 2.75) is 18.9 Å². The quantitative estimate of drug-likeness (QED) is 0.775. The highest BCUT2D eigenvalue weighted by Crippen LogP contribution is 2.28. The average Bonchev–Trinajstić information content (AvgIpc) is 3.19. The monoisotopic (exact) mass is 357 g/mol. The molecule has 2 heterocycles. The topological polar surface area (TPSA) is 78.5 Å². The van der Waals surface area contributed by atoms with Gasteiger partial charge in [-0.1, -0.05) is 36.4 Å². The molecule has 0 aliphatic carbocycles. The van der Waals surface area contributed by atoms with Crippen LogP contribution in [0.2, 0.25) is 0 Å². The van der Waals surface area contributed by atoms with Gasteiger partial charge in [-0.05, 0) is 30.4 Å². The molecule has 1 fully saturated rings. The summed E-state index contributed by atoms with van der Waals surface area (Å²) in [5, 5.41) is 7.42. The van der Waals surface area contributed by atoms with E-state index >= 15 is 0 Å². The van der Waals surface area contributed by atoms with E-state index in [0.717, 1.165) is 11.3 Å². The molecule has 0 bridgehead atoms. The lowest BCUT2D eigenvalue weighted by Gasteiger charge is -2.22. The van der Waals surface area contributed by atoms with Crippen molar-refractivity contribution in [3.63, 3.8) is 0 Å². The number of rotatable bonds is 6. The molecule has 1 aromatic carbocycles. The van der Waals surface area contributed by atoms with Gasteiger partial charge in [0.15, 0.2) is 0 Å². The number of amides is 4. The summed E-state index contributed by atoms with van der Waals surface area (Å²) in [5.74, 6) is -0.769. The van der Waals surface area contributed by atoms with Gasteiger partial charge in [0.05, 0.1) is 0 Å². The Bertz CT molecular complexity index is 776. The predicted molar refractivity (Wildman–Crippen MR) is 95.1 cm³/mol. The van der Waals surface area contributed by atoms with Crippen molar-refractivity contribution in [2.75, 3.05) is 13.1 Å². The van der Waals surface area contributed by atoms with Gasteiger partial charge in [-0.2, -0.15) is 0 Å². The molecule has 0 spiro atoms. The van der Waals surface area contributed by atoms with Gasteiger partial charge < -0.3 is 10.6 Å². The van der Waals surface area contributed by atoms with Crippen LogP contribution in [0.3, 0.4) is 0 Å². The highest BCUT2D eigenvalue weighted by atomic mass is 32.1. The van der Waals surface area contributed by atoms with Crippen LogP contribution < -0.4 is 10.6 Å². The van der Waals surface area contributed by atoms with Crippen LogP contribution in [0.4, 0.5) is 4.79 Å². The highest BCUT2D eigenvalue weighted by Gasteiger charge is 2.49. The molecule has 4 amide bonds. The van der Waals surface area contributed by atoms with Crippen molar-refractivity contribution in [2.24, 2.45) is 0 Å². The smallest absolute Gasteiger partial charge is 0.325 e. The van der Waals surface area contributed by atoms with E-state index in [4.69, 9.17) is 0 Å². The lowest BCUT2D eigenvalue weighted by atomic mass is 9.92. The summed E-state index contributed by atoms with van der Waals surface area (Å²) in [6, 6.07) is 12.4. The number of carbonyl (C=O) groups excluding carboxylic acids is 3. The first kappa shape index (κ1) is 17.2. The van der Waals surface area contributed by atoms with E-state index in [2.05, 4.69) is 10.6 Å². The van der Waals surface area contributed by atoms with E-state index in [9.17, 15) is 14.4 Å². The minimum absolute atomic E-state index is 0.280. The molecule has 1 saturated heterocycles. The van der Waals surface area contributed by atoms with Crippen LogP contribution in [0, 0.1) is 0 Å². The predicted octanol–water partition coefficient (Wildman–Crippen LogP) is 1.87. The minimum atomic E-state index is -1.14. The van der Waals surface area contributed by atoms with Gasteiger partial charge in [-0.25, -0.2) is 4.79 Å². The Balaban J connectivity index is 1.60. The average molecular weight is 357 g/mol. The molecule has 0 radical (unpaired) electrons. The molecule has 6 nitrogen and oxygen atoms in total. The second-order valence-electron chi connectivity index (χ2n) is 5.99. The summed E-state index contributed by atoms with van der Waals surface area (Å²) in [6.07, 6.45) is 0.727. The van der Waals surface area contributed by atoms with Crippen LogP contribution in [-0.2, 0) is 21.5 Å². The molecule has 1 aliphatic heterocycles. The SMILES string of the molecule is CC1(c2ccccc2)NC(=O)N(CC(=O)NCCc2cccs2)C1=O. The Morgan fingerprint density at radius 1 is 1.20 bits per heavy atom. The maximum absolute atomic E-state index is 12.7. The molecule has 1 aromatic heterocycles. The molecule has 7 heteroatoms. The molecule has 3 rings (SSSR count). The van der Waals surface area contributed by atoms with Crippen LogP contribution in [0.5, 0.6) is 0 Å². The Morgan fingerprint density at radius 2 is 1.96 bits per heavy atom. The number of carbonyl (C=O) groups is 3. The van der Waals surface area contributed by atoms with Crippen LogP contribution in [0.1, 0.15) is 17.4 Å². The lowest BCUT2D eigenvalue weighted by Crippen LogP contribution is -2.43. The van der Waals surface area contributed by atoms with Crippen molar-refractivity contribution in [1.29, 1.82) is 0 Å². The number of nitrogens with one attached hydrogen (secondary N) is 2. The van der Waals surface area contributed by atoms with Gasteiger partial charge in [-0.15, -0.1) is 11.3 Å². The zero-order chi connectivity index (χ0) is 17.9. The first-order chi connectivity index (χ1) is 12.0. The molecule has 130 valence electrons. The highest BCUT2D eigenvalue weighted by molar-refractivity contribution is 7.09. The third-order valence-corrected chi connectivity index (χ3v) is 5.14. The van der Waals surface area contributed by atoms with Gasteiger partial charge >= 0.3 is 6.03 Å². The van der Waals surface area contributed by atoms with E-state index in [-0.39, 0.29) is 12.5 Å². The summed E-state index contributed by atoms with van der Waals surface area (Å²) >= 11 is 1.63. The van der Waals surface area contributed by atoms with Crippen molar-refractivity contribution in [1.82, 2.24) is 15.5 Å². The Kier molecular flexibility index (Phi) is 4.85. The molecule has 1 atom stereocenters. The van der Waals surface area contributed by atoms with Crippen molar-refractivity contribution in [3.05, 3.63) is 58.3 Å². The molecule has 1 unspecified atom stereocenters. The van der Waals surface area contributed by atoms with E-state index < -0.39 is 17.5 Å². The maximum atomic E-state index is 12.7. The molecule has 2 N–H and O–H groups in total. The molecule has 1 aliphatic rings. The maximum Gasteiger partial charge on any atom is 0.325 e. The summed E-state index contributed by atoms with van der Waals surface area (Å²) in [7, 11) is 0. The number of urea groups is 1. The van der Waals surface area contributed by atoms with Gasteiger partial charge in [0.1, 0.15) is 12.1 Å². The largest absolute Gasteiger partial charge is 0.354 e. The summed E-state index contributed by atoms with van der Waals surface area (Å²) in [4.78, 5) is 39.1. The fourth-order valence-corrected chi connectivity index (χ4v) is 3.50. The summed E-state index contributed by atoms with van der Waals surface area (Å²) in [6.45, 7) is 1.84. The Hall–Kier alpha value is -2.67. The fourth-order valence-electron chi connectivity index (χ4n) is 2.79. The zero-order valence-corrected chi connectivity index (χ0v) is 14.6. The number of hydrogen-bond acceptors (Lipinski definition) is 4. The minimum Gasteiger partial charge on any atom is -0.354 e. The van der Waals surface area contributed by atoms with E-state index in [1.807, 2.05) is 23.6 Å². The Labute approximate surface area is 149 Å². The first-order valence-electron chi connectivity index (χ1n) is 7.99. The van der Waals surface area contributed by atoms with Gasteiger partial charge in [0.25, 0.3) is 5.91 Å². The number of nitrogens with zero attached hydrogens (tertiary/aromatic N) is 1. The Morgan fingerprint density at radius 3 is 2.64 bits per heavy atom. The molecular formula is C18H19N3O3S. The molecule has 25 heavy (non-hydrogen) atoms. The van der Waals surface area contributed by atoms with E-state index in [1.165, 1.54) is 4.88 Å². The normalized spacial score (nSPS) is 19.8. The first-order valence-corrected chi connectivity index (χ1v) is 8.87. The second kappa shape index (κ2) is 7.06. The molecule has 0 saturated carbocycles. The van der Waals surface area contributed by atoms with Crippen LogP contribution in [-0.4, -0.2) is 35.8 Å². The standard InChI is InChI=1S/C18H19N3O3S/c1-18(13-6-3-2-4-7-13)16(23)21(17(24)20-18)12-15(22)19-10-9-14-8-5-11-25-14/h2-8,11H,9-10,12H2,1H3,(H,19,22)(H,20,24). The summed E-state index contributed by atoms with van der Waals surface area (Å²) in [5.41, 5.74) is -0.454.